The monoisotopic (exact) mass is 192 g/mol. The Kier molecular flexibility index (Phi) is 6.06. The zero-order valence-electron chi connectivity index (χ0n) is 10.0. The molecule has 0 radical (unpaired) electrons. The molecule has 0 amide bonds. The number of allylic oxidation sites excluding steroid dienone is 2. The molecule has 0 unspecified atom stereocenters. The molecule has 0 aliphatic carbocycles. The molecule has 1 rings (SSSR count). The van der Waals surface area contributed by atoms with E-state index in [-0.39, 0.29) is 0 Å². The lowest BCUT2D eigenvalue weighted by molar-refractivity contribution is 0.721. The van der Waals surface area contributed by atoms with Gasteiger partial charge in [-0.3, -0.25) is 0 Å². The van der Waals surface area contributed by atoms with E-state index >= 15 is 0 Å². The second-order valence-corrected chi connectivity index (χ2v) is 4.65. The first-order chi connectivity index (χ1) is 6.88. The van der Waals surface area contributed by atoms with Gasteiger partial charge in [0.1, 0.15) is 0 Å². The molecular weight excluding hydrogens is 167 g/mol. The van der Waals surface area contributed by atoms with Crippen LogP contribution in [0.15, 0.2) is 11.5 Å². The Balaban J connectivity index is 2.46. The van der Waals surface area contributed by atoms with Crippen LogP contribution in [0.1, 0.15) is 58.8 Å². The molecule has 1 fully saturated rings. The first-order valence-corrected chi connectivity index (χ1v) is 6.57. The van der Waals surface area contributed by atoms with E-state index in [1.807, 2.05) is 0 Å². The molecule has 1 heteroatoms. The summed E-state index contributed by atoms with van der Waals surface area (Å²) in [6.07, 6.45) is 15.2. The van der Waals surface area contributed by atoms with Crippen molar-refractivity contribution in [1.82, 2.24) is 0 Å². The van der Waals surface area contributed by atoms with E-state index in [0.717, 1.165) is 6.71 Å². The highest BCUT2D eigenvalue weighted by molar-refractivity contribution is 6.66. The molecule has 14 heavy (non-hydrogen) atoms. The number of rotatable bonds is 5. The Morgan fingerprint density at radius 1 is 1.07 bits per heavy atom. The molecule has 0 aromatic carbocycles. The SMILES string of the molecule is CCC/C=C(\CCC)B1CCCCC1. The fourth-order valence-electron chi connectivity index (χ4n) is 2.56. The van der Waals surface area contributed by atoms with Crippen molar-refractivity contribution in [2.24, 2.45) is 0 Å². The summed E-state index contributed by atoms with van der Waals surface area (Å²) in [4.78, 5) is 0. The number of hydrogen-bond donors (Lipinski definition) is 0. The van der Waals surface area contributed by atoms with Crippen molar-refractivity contribution in [3.63, 3.8) is 0 Å². The summed E-state index contributed by atoms with van der Waals surface area (Å²) in [7, 11) is 0. The van der Waals surface area contributed by atoms with Gasteiger partial charge in [0, 0.05) is 0 Å². The van der Waals surface area contributed by atoms with Crippen molar-refractivity contribution in [3.8, 4) is 0 Å². The largest absolute Gasteiger partial charge is 0.170 e. The van der Waals surface area contributed by atoms with Crippen LogP contribution in [0.3, 0.4) is 0 Å². The Hall–Kier alpha value is -0.195. The average Bonchev–Trinajstić information content (AvgIpc) is 2.25. The van der Waals surface area contributed by atoms with Crippen molar-refractivity contribution in [2.45, 2.75) is 71.4 Å². The van der Waals surface area contributed by atoms with Gasteiger partial charge in [0.2, 0.25) is 0 Å². The second-order valence-electron chi connectivity index (χ2n) is 4.65. The van der Waals surface area contributed by atoms with E-state index in [0.29, 0.717) is 0 Å². The maximum absolute atomic E-state index is 2.54. The maximum atomic E-state index is 2.54. The van der Waals surface area contributed by atoms with Gasteiger partial charge in [-0.25, -0.2) is 0 Å². The lowest BCUT2D eigenvalue weighted by atomic mass is 9.36. The van der Waals surface area contributed by atoms with Crippen LogP contribution < -0.4 is 0 Å². The molecule has 80 valence electrons. The molecule has 0 atom stereocenters. The third-order valence-corrected chi connectivity index (χ3v) is 3.36. The van der Waals surface area contributed by atoms with Crippen molar-refractivity contribution in [2.75, 3.05) is 0 Å². The third kappa shape index (κ3) is 3.90. The van der Waals surface area contributed by atoms with E-state index in [1.165, 1.54) is 57.6 Å². The lowest BCUT2D eigenvalue weighted by Crippen LogP contribution is -2.19. The third-order valence-electron chi connectivity index (χ3n) is 3.36. The van der Waals surface area contributed by atoms with Gasteiger partial charge in [-0.15, -0.1) is 5.47 Å². The summed E-state index contributed by atoms with van der Waals surface area (Å²) in [6, 6.07) is 0. The molecule has 1 heterocycles. The van der Waals surface area contributed by atoms with Crippen molar-refractivity contribution < 1.29 is 0 Å². The molecule has 0 aromatic rings. The molecule has 0 spiro atoms. The smallest absolute Gasteiger partial charge is 0.105 e. The summed E-state index contributed by atoms with van der Waals surface area (Å²) in [6.45, 7) is 5.54. The number of hydrogen-bond acceptors (Lipinski definition) is 0. The van der Waals surface area contributed by atoms with Crippen LogP contribution in [0.2, 0.25) is 12.6 Å². The average molecular weight is 192 g/mol. The van der Waals surface area contributed by atoms with Crippen molar-refractivity contribution in [1.29, 1.82) is 0 Å². The minimum absolute atomic E-state index is 0.954. The summed E-state index contributed by atoms with van der Waals surface area (Å²) in [5, 5.41) is 0. The summed E-state index contributed by atoms with van der Waals surface area (Å²) in [5.41, 5.74) is 1.79. The Labute approximate surface area is 90.2 Å². The highest BCUT2D eigenvalue weighted by Gasteiger charge is 2.20. The first-order valence-electron chi connectivity index (χ1n) is 6.57. The van der Waals surface area contributed by atoms with Gasteiger partial charge < -0.3 is 0 Å². The van der Waals surface area contributed by atoms with E-state index < -0.39 is 0 Å². The van der Waals surface area contributed by atoms with Crippen LogP contribution in [0.5, 0.6) is 0 Å². The number of unbranched alkanes of at least 4 members (excludes halogenated alkanes) is 1. The normalized spacial score (nSPS) is 18.7. The molecule has 0 aromatic heterocycles. The lowest BCUT2D eigenvalue weighted by Gasteiger charge is -2.21. The summed E-state index contributed by atoms with van der Waals surface area (Å²) >= 11 is 0. The predicted molar refractivity (Wildman–Crippen MR) is 67.1 cm³/mol. The minimum atomic E-state index is 0.954. The van der Waals surface area contributed by atoms with Gasteiger partial charge in [-0.2, -0.15) is 0 Å². The molecule has 0 N–H and O–H groups in total. The zero-order chi connectivity index (χ0) is 10.2. The van der Waals surface area contributed by atoms with E-state index in [1.54, 1.807) is 5.47 Å². The quantitative estimate of drug-likeness (QED) is 0.552. The molecule has 0 nitrogen and oxygen atoms in total. The Bertz CT molecular complexity index is 166. The van der Waals surface area contributed by atoms with Gasteiger partial charge in [-0.1, -0.05) is 64.7 Å². The predicted octanol–water partition coefficient (Wildman–Crippen LogP) is 4.73. The molecule has 1 aliphatic rings. The molecule has 1 saturated heterocycles. The fourth-order valence-corrected chi connectivity index (χ4v) is 2.56. The van der Waals surface area contributed by atoms with Gasteiger partial charge in [-0.05, 0) is 12.8 Å². The highest BCUT2D eigenvalue weighted by atomic mass is 14.0. The van der Waals surface area contributed by atoms with Crippen LogP contribution in [0, 0.1) is 0 Å². The maximum Gasteiger partial charge on any atom is 0.170 e. The van der Waals surface area contributed by atoms with Gasteiger partial charge in [0.25, 0.3) is 0 Å². The second kappa shape index (κ2) is 7.14. The summed E-state index contributed by atoms with van der Waals surface area (Å²) < 4.78 is 0. The first kappa shape index (κ1) is 11.9. The Morgan fingerprint density at radius 2 is 1.79 bits per heavy atom. The fraction of sp³-hybridized carbons (Fsp3) is 0.846. The summed E-state index contributed by atoms with van der Waals surface area (Å²) in [5.74, 6) is 0. The van der Waals surface area contributed by atoms with Crippen LogP contribution >= 0.6 is 0 Å². The van der Waals surface area contributed by atoms with Crippen LogP contribution in [-0.2, 0) is 0 Å². The van der Waals surface area contributed by atoms with Crippen LogP contribution in [-0.4, -0.2) is 6.71 Å². The van der Waals surface area contributed by atoms with Crippen LogP contribution in [0.4, 0.5) is 0 Å². The van der Waals surface area contributed by atoms with Crippen molar-refractivity contribution in [3.05, 3.63) is 11.5 Å². The van der Waals surface area contributed by atoms with Crippen LogP contribution in [0.25, 0.3) is 0 Å². The van der Waals surface area contributed by atoms with E-state index in [9.17, 15) is 0 Å². The zero-order valence-corrected chi connectivity index (χ0v) is 10.0. The van der Waals surface area contributed by atoms with Gasteiger partial charge in [0.15, 0.2) is 6.71 Å². The van der Waals surface area contributed by atoms with E-state index in [4.69, 9.17) is 0 Å². The molecular formula is C13H25B. The molecule has 0 saturated carbocycles. The highest BCUT2D eigenvalue weighted by Crippen LogP contribution is 2.26. The molecule has 1 aliphatic heterocycles. The van der Waals surface area contributed by atoms with E-state index in [2.05, 4.69) is 19.9 Å². The minimum Gasteiger partial charge on any atom is -0.105 e. The van der Waals surface area contributed by atoms with Gasteiger partial charge >= 0.3 is 0 Å². The van der Waals surface area contributed by atoms with Gasteiger partial charge in [0.05, 0.1) is 0 Å². The molecule has 0 bridgehead atoms. The Morgan fingerprint density at radius 3 is 2.36 bits per heavy atom. The topological polar surface area (TPSA) is 0 Å². The standard InChI is InChI=1S/C13H25B/c1-3-5-10-13(9-4-2)14-11-7-6-8-12-14/h10H,3-9,11-12H2,1-2H3/b13-10+. The van der Waals surface area contributed by atoms with Crippen molar-refractivity contribution >= 4 is 6.71 Å².